The summed E-state index contributed by atoms with van der Waals surface area (Å²) >= 11 is 0. The van der Waals surface area contributed by atoms with Gasteiger partial charge in [-0.2, -0.15) is 0 Å². The molecule has 2 fully saturated rings. The van der Waals surface area contributed by atoms with E-state index in [1.165, 1.54) is 31.4 Å². The summed E-state index contributed by atoms with van der Waals surface area (Å²) in [6.07, 6.45) is 4.15. The molecule has 3 rings (SSSR count). The number of rotatable bonds is 6. The van der Waals surface area contributed by atoms with Gasteiger partial charge in [-0.1, -0.05) is 0 Å². The third kappa shape index (κ3) is 6.06. The zero-order chi connectivity index (χ0) is 22.4. The molecule has 168 valence electrons. The zero-order valence-corrected chi connectivity index (χ0v) is 17.6. The summed E-state index contributed by atoms with van der Waals surface area (Å²) in [6.45, 7) is 0. The maximum Gasteiger partial charge on any atom is 0.338 e. The second-order valence-electron chi connectivity index (χ2n) is 8.20. The molecule has 2 aliphatic carbocycles. The van der Waals surface area contributed by atoms with Gasteiger partial charge in [0.25, 0.3) is 0 Å². The van der Waals surface area contributed by atoms with Crippen LogP contribution in [0, 0.1) is 11.8 Å². The lowest BCUT2D eigenvalue weighted by atomic mass is 9.82. The number of carboxylic acids is 1. The van der Waals surface area contributed by atoms with Crippen molar-refractivity contribution in [1.82, 2.24) is 0 Å². The molecule has 0 aliphatic heterocycles. The van der Waals surface area contributed by atoms with E-state index >= 15 is 0 Å². The molecule has 0 amide bonds. The average Bonchev–Trinajstić information content (AvgIpc) is 2.80. The Balaban J connectivity index is 1.40. The minimum Gasteiger partial charge on any atom is -0.481 e. The highest BCUT2D eigenvalue weighted by Gasteiger charge is 2.33. The van der Waals surface area contributed by atoms with Crippen molar-refractivity contribution in [3.8, 4) is 0 Å². The molecule has 0 aromatic heterocycles. The van der Waals surface area contributed by atoms with Crippen LogP contribution in [-0.4, -0.2) is 48.3 Å². The Kier molecular flexibility index (Phi) is 7.65. The summed E-state index contributed by atoms with van der Waals surface area (Å²) in [4.78, 5) is 47.2. The quantitative estimate of drug-likeness (QED) is 0.537. The molecule has 2 aliphatic rings. The summed E-state index contributed by atoms with van der Waals surface area (Å²) in [6, 6.07) is 6.09. The number of aliphatic carboxylic acids is 1. The second-order valence-corrected chi connectivity index (χ2v) is 8.20. The Bertz CT molecular complexity index is 799. The molecule has 0 radical (unpaired) electrons. The van der Waals surface area contributed by atoms with Crippen LogP contribution in [-0.2, 0) is 23.8 Å². The lowest BCUT2D eigenvalue weighted by Crippen LogP contribution is -2.33. The van der Waals surface area contributed by atoms with Crippen molar-refractivity contribution in [2.75, 3.05) is 7.11 Å². The van der Waals surface area contributed by atoms with E-state index in [4.69, 9.17) is 14.6 Å². The van der Waals surface area contributed by atoms with E-state index in [9.17, 15) is 19.2 Å². The number of esters is 3. The maximum absolute atomic E-state index is 12.4. The number of carboxylic acid groups (broad SMARTS) is 1. The van der Waals surface area contributed by atoms with Crippen molar-refractivity contribution in [2.24, 2.45) is 11.8 Å². The van der Waals surface area contributed by atoms with E-state index in [2.05, 4.69) is 4.74 Å². The summed E-state index contributed by atoms with van der Waals surface area (Å²) in [5, 5.41) is 9.06. The fourth-order valence-electron chi connectivity index (χ4n) is 4.18. The number of benzene rings is 1. The van der Waals surface area contributed by atoms with E-state index in [1.54, 1.807) is 0 Å². The van der Waals surface area contributed by atoms with E-state index in [-0.39, 0.29) is 30.0 Å². The average molecular weight is 432 g/mol. The van der Waals surface area contributed by atoms with Crippen LogP contribution in [0.15, 0.2) is 24.3 Å². The molecule has 1 aromatic rings. The van der Waals surface area contributed by atoms with Crippen molar-refractivity contribution >= 4 is 23.9 Å². The van der Waals surface area contributed by atoms with Crippen LogP contribution in [0.2, 0.25) is 0 Å². The zero-order valence-electron chi connectivity index (χ0n) is 17.6. The summed E-state index contributed by atoms with van der Waals surface area (Å²) in [5.41, 5.74) is 0.719. The van der Waals surface area contributed by atoms with Crippen molar-refractivity contribution in [1.29, 1.82) is 0 Å². The number of methoxy groups -OCH3 is 1. The van der Waals surface area contributed by atoms with Crippen LogP contribution < -0.4 is 0 Å². The molecule has 0 atom stereocenters. The predicted molar refractivity (Wildman–Crippen MR) is 108 cm³/mol. The van der Waals surface area contributed by atoms with Gasteiger partial charge in [0, 0.05) is 0 Å². The molecule has 31 heavy (non-hydrogen) atoms. The Hall–Kier alpha value is -2.90. The predicted octanol–water partition coefficient (Wildman–Crippen LogP) is 3.38. The molecular weight excluding hydrogens is 404 g/mol. The lowest BCUT2D eigenvalue weighted by molar-refractivity contribution is -0.159. The van der Waals surface area contributed by atoms with Crippen molar-refractivity contribution in [3.63, 3.8) is 0 Å². The van der Waals surface area contributed by atoms with Gasteiger partial charge in [-0.3, -0.25) is 9.59 Å². The summed E-state index contributed by atoms with van der Waals surface area (Å²) < 4.78 is 15.8. The molecule has 0 saturated heterocycles. The number of ether oxygens (including phenoxy) is 3. The SMILES string of the molecule is COC(=O)c1ccc(C(=O)OC2CCC(OC(=O)C3CCC(C(=O)O)CC3)CC2)cc1. The third-order valence-electron chi connectivity index (χ3n) is 6.13. The third-order valence-corrected chi connectivity index (χ3v) is 6.13. The molecule has 1 N–H and O–H groups in total. The molecule has 2 saturated carbocycles. The van der Waals surface area contributed by atoms with Gasteiger partial charge < -0.3 is 19.3 Å². The van der Waals surface area contributed by atoms with Crippen LogP contribution in [0.4, 0.5) is 0 Å². The first-order valence-corrected chi connectivity index (χ1v) is 10.7. The first-order valence-electron chi connectivity index (χ1n) is 10.7. The van der Waals surface area contributed by atoms with Gasteiger partial charge in [0.2, 0.25) is 0 Å². The molecule has 0 spiro atoms. The normalized spacial score (nSPS) is 25.8. The summed E-state index contributed by atoms with van der Waals surface area (Å²) in [5.74, 6) is -2.53. The van der Waals surface area contributed by atoms with E-state index in [0.717, 1.165) is 0 Å². The van der Waals surface area contributed by atoms with E-state index in [0.29, 0.717) is 62.5 Å². The van der Waals surface area contributed by atoms with Gasteiger partial charge in [0.15, 0.2) is 0 Å². The van der Waals surface area contributed by atoms with Crippen molar-refractivity contribution < 1.29 is 38.5 Å². The van der Waals surface area contributed by atoms with Crippen LogP contribution in [0.3, 0.4) is 0 Å². The van der Waals surface area contributed by atoms with Gasteiger partial charge in [0.1, 0.15) is 12.2 Å². The smallest absolute Gasteiger partial charge is 0.338 e. The van der Waals surface area contributed by atoms with Gasteiger partial charge in [-0.05, 0) is 75.6 Å². The Morgan fingerprint density at radius 2 is 1.16 bits per heavy atom. The van der Waals surface area contributed by atoms with Crippen LogP contribution in [0.25, 0.3) is 0 Å². The molecule has 0 bridgehead atoms. The number of carbonyl (C=O) groups is 4. The minimum absolute atomic E-state index is 0.195. The highest BCUT2D eigenvalue weighted by Crippen LogP contribution is 2.31. The summed E-state index contributed by atoms with van der Waals surface area (Å²) in [7, 11) is 1.29. The highest BCUT2D eigenvalue weighted by molar-refractivity contribution is 5.93. The Morgan fingerprint density at radius 3 is 1.65 bits per heavy atom. The maximum atomic E-state index is 12.4. The second kappa shape index (κ2) is 10.4. The molecular formula is C23H28O8. The van der Waals surface area contributed by atoms with Crippen LogP contribution in [0.5, 0.6) is 0 Å². The highest BCUT2D eigenvalue weighted by atomic mass is 16.6. The van der Waals surface area contributed by atoms with E-state index < -0.39 is 17.9 Å². The molecule has 8 nitrogen and oxygen atoms in total. The standard InChI is InChI=1S/C23H28O8/c1-29-21(26)15-6-8-17(9-7-15)23(28)31-19-12-10-18(11-13-19)30-22(27)16-4-2-14(3-5-16)20(24)25/h6-9,14,16,18-19H,2-5,10-13H2,1H3,(H,24,25). The van der Waals surface area contributed by atoms with Crippen molar-refractivity contribution in [2.45, 2.75) is 63.6 Å². The lowest BCUT2D eigenvalue weighted by Gasteiger charge is -2.30. The molecule has 1 aromatic carbocycles. The topological polar surface area (TPSA) is 116 Å². The largest absolute Gasteiger partial charge is 0.481 e. The fourth-order valence-corrected chi connectivity index (χ4v) is 4.18. The Morgan fingerprint density at radius 1 is 0.710 bits per heavy atom. The molecule has 0 unspecified atom stereocenters. The van der Waals surface area contributed by atoms with E-state index in [1.807, 2.05) is 0 Å². The minimum atomic E-state index is -0.793. The van der Waals surface area contributed by atoms with Gasteiger partial charge >= 0.3 is 23.9 Å². The first kappa shape index (κ1) is 22.8. The number of hydrogen-bond donors (Lipinski definition) is 1. The molecule has 8 heteroatoms. The first-order chi connectivity index (χ1) is 14.9. The Labute approximate surface area is 180 Å². The monoisotopic (exact) mass is 432 g/mol. The number of carbonyl (C=O) groups excluding carboxylic acids is 3. The van der Waals surface area contributed by atoms with Crippen molar-refractivity contribution in [3.05, 3.63) is 35.4 Å². The van der Waals surface area contributed by atoms with Crippen LogP contribution in [0.1, 0.15) is 72.1 Å². The molecule has 0 heterocycles. The van der Waals surface area contributed by atoms with Crippen LogP contribution >= 0.6 is 0 Å². The number of hydrogen-bond acceptors (Lipinski definition) is 7. The fraction of sp³-hybridized carbons (Fsp3) is 0.565. The van der Waals surface area contributed by atoms with Gasteiger partial charge in [-0.15, -0.1) is 0 Å². The van der Waals surface area contributed by atoms with Gasteiger partial charge in [0.05, 0.1) is 30.1 Å². The van der Waals surface area contributed by atoms with Gasteiger partial charge in [-0.25, -0.2) is 9.59 Å².